The number of benzene rings is 1. The number of aryl methyl sites for hydroxylation is 2. The molecule has 2 aromatic heterocycles. The summed E-state index contributed by atoms with van der Waals surface area (Å²) in [5.41, 5.74) is 3.24. The summed E-state index contributed by atoms with van der Waals surface area (Å²) in [4.78, 5) is 45.3. The van der Waals surface area contributed by atoms with Crippen molar-refractivity contribution < 1.29 is 23.9 Å². The number of carbonyl (C=O) groups excluding carboxylic acids is 3. The van der Waals surface area contributed by atoms with Crippen LogP contribution in [0.3, 0.4) is 0 Å². The van der Waals surface area contributed by atoms with Gasteiger partial charge < -0.3 is 14.8 Å². The lowest BCUT2D eigenvalue weighted by molar-refractivity contribution is -0.127. The predicted octanol–water partition coefficient (Wildman–Crippen LogP) is 4.73. The minimum absolute atomic E-state index is 0.225. The van der Waals surface area contributed by atoms with Crippen LogP contribution in [0, 0.1) is 20.8 Å². The van der Waals surface area contributed by atoms with Crippen molar-refractivity contribution in [1.82, 2.24) is 4.98 Å². The summed E-state index contributed by atoms with van der Waals surface area (Å²) in [5, 5.41) is 6.10. The van der Waals surface area contributed by atoms with E-state index in [2.05, 4.69) is 10.3 Å². The van der Waals surface area contributed by atoms with Gasteiger partial charge in [-0.3, -0.25) is 14.5 Å². The second kappa shape index (κ2) is 9.55. The highest BCUT2D eigenvalue weighted by Crippen LogP contribution is 2.38. The zero-order valence-corrected chi connectivity index (χ0v) is 21.2. The second-order valence-corrected chi connectivity index (χ2v) is 10.2. The summed E-state index contributed by atoms with van der Waals surface area (Å²) in [5.74, 6) is -0.705. The van der Waals surface area contributed by atoms with Gasteiger partial charge in [-0.15, -0.1) is 22.7 Å². The van der Waals surface area contributed by atoms with E-state index >= 15 is 0 Å². The summed E-state index contributed by atoms with van der Waals surface area (Å²) in [7, 11) is 0. The zero-order chi connectivity index (χ0) is 24.6. The van der Waals surface area contributed by atoms with E-state index in [1.807, 2.05) is 38.3 Å². The van der Waals surface area contributed by atoms with Gasteiger partial charge in [0.05, 0.1) is 28.6 Å². The monoisotopic (exact) mass is 499 g/mol. The number of thiazole rings is 1. The smallest absolute Gasteiger partial charge is 0.341 e. The Morgan fingerprint density at radius 1 is 1.26 bits per heavy atom. The fourth-order valence-electron chi connectivity index (χ4n) is 3.70. The fraction of sp³-hybridized carbons (Fsp3) is 0.333. The van der Waals surface area contributed by atoms with Crippen molar-refractivity contribution >= 4 is 51.1 Å². The van der Waals surface area contributed by atoms with E-state index in [0.29, 0.717) is 22.0 Å². The van der Waals surface area contributed by atoms with Crippen LogP contribution in [0.2, 0.25) is 0 Å². The average Bonchev–Trinajstić information content (AvgIpc) is 3.34. The van der Waals surface area contributed by atoms with E-state index in [9.17, 15) is 14.4 Å². The van der Waals surface area contributed by atoms with Crippen LogP contribution >= 0.6 is 22.7 Å². The van der Waals surface area contributed by atoms with Crippen molar-refractivity contribution in [3.63, 3.8) is 0 Å². The van der Waals surface area contributed by atoms with Gasteiger partial charge in [0, 0.05) is 15.8 Å². The van der Waals surface area contributed by atoms with Crippen molar-refractivity contribution in [2.24, 2.45) is 0 Å². The van der Waals surface area contributed by atoms with E-state index < -0.39 is 18.0 Å². The molecule has 0 bridgehead atoms. The minimum atomic E-state index is -0.728. The van der Waals surface area contributed by atoms with Crippen LogP contribution in [0.4, 0.5) is 10.7 Å². The fourth-order valence-corrected chi connectivity index (χ4v) is 5.39. The van der Waals surface area contributed by atoms with E-state index in [4.69, 9.17) is 9.47 Å². The van der Waals surface area contributed by atoms with Crippen LogP contribution in [0.5, 0.6) is 5.75 Å². The number of ether oxygens (including phenoxy) is 2. The number of nitrogens with one attached hydrogen (secondary N) is 1. The van der Waals surface area contributed by atoms with Gasteiger partial charge in [-0.25, -0.2) is 9.78 Å². The number of hydrogen-bond acceptors (Lipinski definition) is 8. The first-order valence-corrected chi connectivity index (χ1v) is 12.5. The summed E-state index contributed by atoms with van der Waals surface area (Å²) in [6.07, 6.45) is -0.728. The molecule has 3 aromatic rings. The normalized spacial score (nSPS) is 15.0. The van der Waals surface area contributed by atoms with Gasteiger partial charge in [0.25, 0.3) is 5.91 Å². The highest BCUT2D eigenvalue weighted by Gasteiger charge is 2.33. The number of carbonyl (C=O) groups is 3. The number of fused-ring (bicyclic) bond motifs is 1. The first-order chi connectivity index (χ1) is 16.2. The molecule has 2 amide bonds. The standard InChI is InChI=1S/C24H25N3O5S2/c1-6-31-24(30)21-12(2)14(4)34-22(21)26-20(28)10-27-18-9-16(17-11-33-15(5)25-17)7-8-19(18)32-13(3)23(27)29/h7-9,11,13H,6,10H2,1-5H3,(H,26,28). The largest absolute Gasteiger partial charge is 0.479 e. The number of aromatic nitrogens is 1. The van der Waals surface area contributed by atoms with Gasteiger partial charge in [0.2, 0.25) is 5.91 Å². The molecule has 1 atom stereocenters. The maximum Gasteiger partial charge on any atom is 0.341 e. The summed E-state index contributed by atoms with van der Waals surface area (Å²) < 4.78 is 10.9. The lowest BCUT2D eigenvalue weighted by Crippen LogP contribution is -2.47. The lowest BCUT2D eigenvalue weighted by Gasteiger charge is -2.32. The van der Waals surface area contributed by atoms with E-state index in [-0.39, 0.29) is 19.1 Å². The number of thiophene rings is 1. The average molecular weight is 500 g/mol. The number of amides is 2. The maximum atomic E-state index is 13.1. The number of hydrogen-bond donors (Lipinski definition) is 1. The topological polar surface area (TPSA) is 97.8 Å². The minimum Gasteiger partial charge on any atom is -0.479 e. The predicted molar refractivity (Wildman–Crippen MR) is 133 cm³/mol. The van der Waals surface area contributed by atoms with E-state index in [1.165, 1.54) is 27.6 Å². The van der Waals surface area contributed by atoms with Crippen molar-refractivity contribution in [1.29, 1.82) is 0 Å². The third-order valence-corrected chi connectivity index (χ3v) is 7.40. The number of anilines is 2. The Kier molecular flexibility index (Phi) is 6.72. The molecule has 4 rings (SSSR count). The molecule has 1 N–H and O–H groups in total. The van der Waals surface area contributed by atoms with E-state index in [1.54, 1.807) is 19.9 Å². The van der Waals surface area contributed by atoms with Crippen molar-refractivity contribution in [3.05, 3.63) is 44.6 Å². The molecular weight excluding hydrogens is 474 g/mol. The molecule has 0 spiro atoms. The Bertz CT molecular complexity index is 1280. The Morgan fingerprint density at radius 2 is 2.03 bits per heavy atom. The molecule has 10 heteroatoms. The summed E-state index contributed by atoms with van der Waals surface area (Å²) >= 11 is 2.84. The first kappa shape index (κ1) is 23.9. The third kappa shape index (κ3) is 4.55. The molecule has 1 aromatic carbocycles. The Balaban J connectivity index is 1.62. The Morgan fingerprint density at radius 3 is 2.71 bits per heavy atom. The quantitative estimate of drug-likeness (QED) is 0.493. The highest BCUT2D eigenvalue weighted by molar-refractivity contribution is 7.16. The van der Waals surface area contributed by atoms with Gasteiger partial charge in [0.1, 0.15) is 17.3 Å². The number of nitrogens with zero attached hydrogens (tertiary/aromatic N) is 2. The van der Waals surface area contributed by atoms with Crippen LogP contribution in [0.25, 0.3) is 11.3 Å². The number of rotatable bonds is 6. The molecule has 0 radical (unpaired) electrons. The van der Waals surface area contributed by atoms with Gasteiger partial charge >= 0.3 is 5.97 Å². The van der Waals surface area contributed by atoms with Crippen LogP contribution < -0.4 is 15.0 Å². The van der Waals surface area contributed by atoms with Crippen LogP contribution in [-0.4, -0.2) is 42.0 Å². The molecule has 178 valence electrons. The van der Waals surface area contributed by atoms with Gasteiger partial charge in [-0.05, 0) is 58.4 Å². The lowest BCUT2D eigenvalue weighted by atomic mass is 10.1. The second-order valence-electron chi connectivity index (χ2n) is 7.87. The van der Waals surface area contributed by atoms with Gasteiger partial charge in [0.15, 0.2) is 6.10 Å². The number of esters is 1. The Hall–Kier alpha value is -3.24. The molecular formula is C24H25N3O5S2. The maximum absolute atomic E-state index is 13.1. The van der Waals surface area contributed by atoms with Crippen molar-refractivity contribution in [2.75, 3.05) is 23.4 Å². The molecule has 8 nitrogen and oxygen atoms in total. The molecule has 34 heavy (non-hydrogen) atoms. The highest BCUT2D eigenvalue weighted by atomic mass is 32.1. The van der Waals surface area contributed by atoms with E-state index in [0.717, 1.165) is 26.7 Å². The SMILES string of the molecule is CCOC(=O)c1c(NC(=O)CN2C(=O)C(C)Oc3ccc(-c4csc(C)n4)cc32)sc(C)c1C. The molecule has 3 heterocycles. The third-order valence-electron chi connectivity index (χ3n) is 5.50. The molecule has 0 saturated carbocycles. The van der Waals surface area contributed by atoms with Crippen molar-refractivity contribution in [3.8, 4) is 17.0 Å². The molecule has 1 aliphatic heterocycles. The van der Waals surface area contributed by atoms with Gasteiger partial charge in [-0.2, -0.15) is 0 Å². The molecule has 0 saturated heterocycles. The Labute approximate surface area is 205 Å². The van der Waals surface area contributed by atoms with Gasteiger partial charge in [-0.1, -0.05) is 0 Å². The van der Waals surface area contributed by atoms with Crippen LogP contribution in [0.15, 0.2) is 23.6 Å². The summed E-state index contributed by atoms with van der Waals surface area (Å²) in [6.45, 7) is 9.02. The van der Waals surface area contributed by atoms with Crippen molar-refractivity contribution in [2.45, 2.75) is 40.7 Å². The summed E-state index contributed by atoms with van der Waals surface area (Å²) in [6, 6.07) is 5.49. The van der Waals surface area contributed by atoms with Crippen LogP contribution in [0.1, 0.15) is 39.7 Å². The van der Waals surface area contributed by atoms with Crippen LogP contribution in [-0.2, 0) is 14.3 Å². The molecule has 1 aliphatic rings. The zero-order valence-electron chi connectivity index (χ0n) is 19.6. The first-order valence-electron chi connectivity index (χ1n) is 10.8. The molecule has 1 unspecified atom stereocenters. The molecule has 0 aliphatic carbocycles. The molecule has 0 fully saturated rings.